The van der Waals surface area contributed by atoms with Gasteiger partial charge in [0, 0.05) is 34.8 Å². The minimum absolute atomic E-state index is 0.142. The van der Waals surface area contributed by atoms with E-state index >= 15 is 0 Å². The van der Waals surface area contributed by atoms with Crippen LogP contribution in [0.15, 0.2) is 85.2 Å². The van der Waals surface area contributed by atoms with Crippen molar-refractivity contribution in [2.24, 2.45) is 0 Å². The van der Waals surface area contributed by atoms with Crippen LogP contribution in [0.25, 0.3) is 17.8 Å². The molecule has 5 heteroatoms. The van der Waals surface area contributed by atoms with Crippen molar-refractivity contribution in [1.82, 2.24) is 4.57 Å². The molecule has 0 unspecified atom stereocenters. The Bertz CT molecular complexity index is 1250. The van der Waals surface area contributed by atoms with Crippen molar-refractivity contribution in [2.45, 2.75) is 0 Å². The zero-order valence-corrected chi connectivity index (χ0v) is 18.8. The smallest absolute Gasteiger partial charge is 0.203 e. The molecule has 0 N–H and O–H groups in total. The monoisotopic (exact) mass is 439 g/mol. The number of methoxy groups -OCH3 is 3. The molecule has 0 bridgehead atoms. The molecule has 0 aliphatic heterocycles. The van der Waals surface area contributed by atoms with Gasteiger partial charge in [0.05, 0.1) is 21.3 Å². The maximum atomic E-state index is 13.7. The quantitative estimate of drug-likeness (QED) is 0.321. The van der Waals surface area contributed by atoms with Crippen molar-refractivity contribution in [1.29, 1.82) is 0 Å². The summed E-state index contributed by atoms with van der Waals surface area (Å²) < 4.78 is 18.2. The van der Waals surface area contributed by atoms with Gasteiger partial charge in [-0.25, -0.2) is 0 Å². The Kier molecular flexibility index (Phi) is 6.60. The van der Waals surface area contributed by atoms with E-state index in [2.05, 4.69) is 0 Å². The van der Waals surface area contributed by atoms with Gasteiger partial charge in [0.25, 0.3) is 0 Å². The lowest BCUT2D eigenvalue weighted by Gasteiger charge is -2.13. The molecule has 0 aliphatic rings. The van der Waals surface area contributed by atoms with E-state index in [1.54, 1.807) is 12.1 Å². The van der Waals surface area contributed by atoms with Crippen LogP contribution >= 0.6 is 0 Å². The summed E-state index contributed by atoms with van der Waals surface area (Å²) in [6.07, 6.45) is 7.77. The number of ketones is 1. The maximum absolute atomic E-state index is 13.7. The van der Waals surface area contributed by atoms with Crippen LogP contribution in [-0.4, -0.2) is 31.7 Å². The molecule has 166 valence electrons. The molecule has 5 nitrogen and oxygen atoms in total. The van der Waals surface area contributed by atoms with E-state index in [0.717, 1.165) is 16.8 Å². The predicted molar refractivity (Wildman–Crippen MR) is 131 cm³/mol. The van der Waals surface area contributed by atoms with Gasteiger partial charge in [0.15, 0.2) is 17.3 Å². The van der Waals surface area contributed by atoms with Crippen molar-refractivity contribution in [3.05, 3.63) is 107 Å². The molecule has 0 atom stereocenters. The van der Waals surface area contributed by atoms with Crippen molar-refractivity contribution in [3.8, 4) is 22.9 Å². The molecule has 1 heterocycles. The fraction of sp³-hybridized carbons (Fsp3) is 0.107. The van der Waals surface area contributed by atoms with Gasteiger partial charge in [-0.3, -0.25) is 4.79 Å². The first kappa shape index (κ1) is 22.0. The summed E-state index contributed by atoms with van der Waals surface area (Å²) in [5, 5.41) is 0. The van der Waals surface area contributed by atoms with Gasteiger partial charge < -0.3 is 18.8 Å². The summed E-state index contributed by atoms with van der Waals surface area (Å²) in [4.78, 5) is 13.7. The second-order valence-electron chi connectivity index (χ2n) is 7.36. The highest BCUT2D eigenvalue weighted by molar-refractivity contribution is 6.12. The second-order valence-corrected chi connectivity index (χ2v) is 7.36. The Balaban J connectivity index is 1.81. The molecular weight excluding hydrogens is 414 g/mol. The number of rotatable bonds is 8. The van der Waals surface area contributed by atoms with E-state index in [9.17, 15) is 4.79 Å². The molecule has 0 aliphatic carbocycles. The SMILES string of the molecule is COc1cc(C(=O)c2cn(-c3ccccc3)cc2/C=C/c2ccccc2)cc(OC)c1OC. The van der Waals surface area contributed by atoms with E-state index in [0.29, 0.717) is 28.4 Å². The van der Waals surface area contributed by atoms with Crippen molar-refractivity contribution in [3.63, 3.8) is 0 Å². The predicted octanol–water partition coefficient (Wildman–Crippen LogP) is 5.90. The number of hydrogen-bond donors (Lipinski definition) is 0. The van der Waals surface area contributed by atoms with Gasteiger partial charge in [-0.1, -0.05) is 60.7 Å². The number of carbonyl (C=O) groups is 1. The van der Waals surface area contributed by atoms with Gasteiger partial charge in [-0.15, -0.1) is 0 Å². The third-order valence-corrected chi connectivity index (χ3v) is 5.34. The molecular formula is C28H25NO4. The fourth-order valence-corrected chi connectivity index (χ4v) is 3.66. The number of ether oxygens (including phenoxy) is 3. The minimum Gasteiger partial charge on any atom is -0.493 e. The minimum atomic E-state index is -0.142. The van der Waals surface area contributed by atoms with E-state index in [1.807, 2.05) is 89.8 Å². The van der Waals surface area contributed by atoms with Crippen LogP contribution in [0, 0.1) is 0 Å². The van der Waals surface area contributed by atoms with E-state index in [-0.39, 0.29) is 5.78 Å². The van der Waals surface area contributed by atoms with Crippen LogP contribution in [-0.2, 0) is 0 Å². The lowest BCUT2D eigenvalue weighted by atomic mass is 10.0. The Morgan fingerprint density at radius 3 is 1.94 bits per heavy atom. The number of carbonyl (C=O) groups excluding carboxylic acids is 1. The number of nitrogens with zero attached hydrogens (tertiary/aromatic N) is 1. The van der Waals surface area contributed by atoms with Crippen LogP contribution in [0.5, 0.6) is 17.2 Å². The standard InChI is InChI=1S/C28H25NO4/c1-31-25-16-22(17-26(32-2)28(25)33-3)27(30)24-19-29(23-12-8-5-9-13-23)18-21(24)15-14-20-10-6-4-7-11-20/h4-19H,1-3H3/b15-14+. The average molecular weight is 440 g/mol. The van der Waals surface area contributed by atoms with Crippen LogP contribution in [0.4, 0.5) is 0 Å². The molecule has 0 fully saturated rings. The van der Waals surface area contributed by atoms with Crippen molar-refractivity contribution in [2.75, 3.05) is 21.3 Å². The first-order valence-corrected chi connectivity index (χ1v) is 10.5. The largest absolute Gasteiger partial charge is 0.493 e. The molecule has 3 aromatic carbocycles. The Morgan fingerprint density at radius 2 is 1.36 bits per heavy atom. The van der Waals surface area contributed by atoms with Gasteiger partial charge in [0.1, 0.15) is 0 Å². The number of benzene rings is 3. The molecule has 0 spiro atoms. The Morgan fingerprint density at radius 1 is 0.758 bits per heavy atom. The van der Waals surface area contributed by atoms with Gasteiger partial charge in [-0.05, 0) is 29.8 Å². The Hall–Kier alpha value is -4.25. The van der Waals surface area contributed by atoms with Crippen LogP contribution < -0.4 is 14.2 Å². The molecule has 4 aromatic rings. The zero-order chi connectivity index (χ0) is 23.2. The summed E-state index contributed by atoms with van der Waals surface area (Å²) in [5.74, 6) is 1.17. The van der Waals surface area contributed by atoms with E-state index in [1.165, 1.54) is 21.3 Å². The fourth-order valence-electron chi connectivity index (χ4n) is 3.66. The van der Waals surface area contributed by atoms with Crippen LogP contribution in [0.3, 0.4) is 0 Å². The molecule has 0 amide bonds. The molecule has 4 rings (SSSR count). The van der Waals surface area contributed by atoms with Crippen LogP contribution in [0.1, 0.15) is 27.0 Å². The number of para-hydroxylation sites is 1. The summed E-state index contributed by atoms with van der Waals surface area (Å²) in [6.45, 7) is 0. The zero-order valence-electron chi connectivity index (χ0n) is 18.8. The normalized spacial score (nSPS) is 10.9. The van der Waals surface area contributed by atoms with E-state index < -0.39 is 0 Å². The van der Waals surface area contributed by atoms with E-state index in [4.69, 9.17) is 14.2 Å². The number of aromatic nitrogens is 1. The summed E-state index contributed by atoms with van der Waals surface area (Å²) in [6, 6.07) is 23.2. The first-order chi connectivity index (χ1) is 16.1. The Labute approximate surface area is 193 Å². The summed E-state index contributed by atoms with van der Waals surface area (Å²) >= 11 is 0. The third kappa shape index (κ3) is 4.67. The topological polar surface area (TPSA) is 49.7 Å². The third-order valence-electron chi connectivity index (χ3n) is 5.34. The lowest BCUT2D eigenvalue weighted by molar-refractivity contribution is 0.103. The van der Waals surface area contributed by atoms with Crippen molar-refractivity contribution >= 4 is 17.9 Å². The highest BCUT2D eigenvalue weighted by Gasteiger charge is 2.21. The summed E-state index contributed by atoms with van der Waals surface area (Å²) in [5.41, 5.74) is 3.85. The molecule has 1 aromatic heterocycles. The maximum Gasteiger partial charge on any atom is 0.203 e. The van der Waals surface area contributed by atoms with Gasteiger partial charge in [-0.2, -0.15) is 0 Å². The molecule has 0 saturated heterocycles. The second kappa shape index (κ2) is 9.92. The van der Waals surface area contributed by atoms with Crippen LogP contribution in [0.2, 0.25) is 0 Å². The first-order valence-electron chi connectivity index (χ1n) is 10.5. The average Bonchev–Trinajstić information content (AvgIpc) is 3.31. The molecule has 33 heavy (non-hydrogen) atoms. The highest BCUT2D eigenvalue weighted by atomic mass is 16.5. The van der Waals surface area contributed by atoms with Gasteiger partial charge >= 0.3 is 0 Å². The summed E-state index contributed by atoms with van der Waals surface area (Å²) in [7, 11) is 4.60. The lowest BCUT2D eigenvalue weighted by Crippen LogP contribution is -2.04. The highest BCUT2D eigenvalue weighted by Crippen LogP contribution is 2.39. The van der Waals surface area contributed by atoms with Crippen molar-refractivity contribution < 1.29 is 19.0 Å². The molecule has 0 saturated carbocycles. The number of hydrogen-bond acceptors (Lipinski definition) is 4. The van der Waals surface area contributed by atoms with Gasteiger partial charge in [0.2, 0.25) is 5.75 Å². The molecule has 0 radical (unpaired) electrons.